The fourth-order valence-electron chi connectivity index (χ4n) is 2.44. The van der Waals surface area contributed by atoms with Crippen molar-refractivity contribution >= 4 is 5.91 Å². The Labute approximate surface area is 137 Å². The number of ether oxygens (including phenoxy) is 3. The molecule has 0 radical (unpaired) electrons. The van der Waals surface area contributed by atoms with Crippen molar-refractivity contribution in [3.63, 3.8) is 0 Å². The number of hydrogen-bond donors (Lipinski definition) is 1. The average Bonchev–Trinajstić information content (AvgIpc) is 2.60. The molecule has 0 spiro atoms. The summed E-state index contributed by atoms with van der Waals surface area (Å²) in [5.74, 6) is 1.09. The molecule has 1 aliphatic rings. The first-order valence-corrected chi connectivity index (χ1v) is 8.08. The van der Waals surface area contributed by atoms with Gasteiger partial charge in [0, 0.05) is 19.6 Å². The Kier molecular flexibility index (Phi) is 7.16. The molecule has 1 N–H and O–H groups in total. The number of carbonyl (C=O) groups excluding carboxylic acids is 1. The molecular weight excluding hydrogens is 296 g/mol. The molecule has 23 heavy (non-hydrogen) atoms. The quantitative estimate of drug-likeness (QED) is 0.731. The number of amides is 1. The number of morpholine rings is 1. The third kappa shape index (κ3) is 5.73. The van der Waals surface area contributed by atoms with Gasteiger partial charge in [0.2, 0.25) is 0 Å². The van der Waals surface area contributed by atoms with E-state index in [1.54, 1.807) is 20.1 Å². The van der Waals surface area contributed by atoms with Crippen LogP contribution >= 0.6 is 0 Å². The Morgan fingerprint density at radius 3 is 2.70 bits per heavy atom. The summed E-state index contributed by atoms with van der Waals surface area (Å²) < 4.78 is 16.2. The minimum absolute atomic E-state index is 0.113. The van der Waals surface area contributed by atoms with E-state index in [-0.39, 0.29) is 5.91 Å². The molecule has 2 rings (SSSR count). The molecule has 1 atom stereocenters. The topological polar surface area (TPSA) is 60.0 Å². The number of nitrogens with one attached hydrogen (secondary N) is 1. The van der Waals surface area contributed by atoms with Crippen LogP contribution in [0.4, 0.5) is 0 Å². The largest absolute Gasteiger partial charge is 0.493 e. The van der Waals surface area contributed by atoms with Crippen LogP contribution in [0.2, 0.25) is 0 Å². The first-order chi connectivity index (χ1) is 11.2. The molecule has 0 aromatic heterocycles. The number of methoxy groups -OCH3 is 1. The van der Waals surface area contributed by atoms with Gasteiger partial charge >= 0.3 is 0 Å². The highest BCUT2D eigenvalue weighted by atomic mass is 16.5. The second-order valence-corrected chi connectivity index (χ2v) is 5.51. The minimum Gasteiger partial charge on any atom is -0.493 e. The van der Waals surface area contributed by atoms with Crippen molar-refractivity contribution in [1.82, 2.24) is 10.2 Å². The third-order valence-electron chi connectivity index (χ3n) is 3.80. The zero-order chi connectivity index (χ0) is 16.5. The molecule has 1 saturated heterocycles. The van der Waals surface area contributed by atoms with Gasteiger partial charge in [-0.25, -0.2) is 0 Å². The summed E-state index contributed by atoms with van der Waals surface area (Å²) in [7, 11) is 1.58. The summed E-state index contributed by atoms with van der Waals surface area (Å²) >= 11 is 0. The molecule has 0 aliphatic carbocycles. The SMILES string of the molecule is COc1ccccc1O[C@@H](C)C(=O)NCCCN1CCOCC1. The zero-order valence-electron chi connectivity index (χ0n) is 13.9. The molecule has 1 aromatic carbocycles. The number of benzene rings is 1. The molecule has 0 bridgehead atoms. The predicted molar refractivity (Wildman–Crippen MR) is 88.0 cm³/mol. The van der Waals surface area contributed by atoms with Gasteiger partial charge in [-0.1, -0.05) is 12.1 Å². The van der Waals surface area contributed by atoms with Gasteiger partial charge in [0.25, 0.3) is 5.91 Å². The molecule has 6 nitrogen and oxygen atoms in total. The van der Waals surface area contributed by atoms with E-state index >= 15 is 0 Å². The van der Waals surface area contributed by atoms with Gasteiger partial charge in [0.05, 0.1) is 20.3 Å². The fraction of sp³-hybridized carbons (Fsp3) is 0.588. The molecule has 0 unspecified atom stereocenters. The van der Waals surface area contributed by atoms with Crippen LogP contribution in [0, 0.1) is 0 Å². The van der Waals surface area contributed by atoms with Gasteiger partial charge in [0.15, 0.2) is 17.6 Å². The van der Waals surface area contributed by atoms with Crippen molar-refractivity contribution in [1.29, 1.82) is 0 Å². The molecule has 1 heterocycles. The summed E-state index contributed by atoms with van der Waals surface area (Å²) in [5.41, 5.74) is 0. The van der Waals surface area contributed by atoms with Gasteiger partial charge in [-0.3, -0.25) is 9.69 Å². The van der Waals surface area contributed by atoms with E-state index in [1.807, 2.05) is 18.2 Å². The minimum atomic E-state index is -0.560. The summed E-state index contributed by atoms with van der Waals surface area (Å²) in [6.07, 6.45) is 0.363. The highest BCUT2D eigenvalue weighted by molar-refractivity contribution is 5.80. The van der Waals surface area contributed by atoms with E-state index in [2.05, 4.69) is 10.2 Å². The molecule has 128 valence electrons. The summed E-state index contributed by atoms with van der Waals surface area (Å²) in [5, 5.41) is 2.92. The lowest BCUT2D eigenvalue weighted by atomic mass is 10.3. The first-order valence-electron chi connectivity index (χ1n) is 8.08. The third-order valence-corrected chi connectivity index (χ3v) is 3.80. The van der Waals surface area contributed by atoms with Crippen molar-refractivity contribution in [3.05, 3.63) is 24.3 Å². The van der Waals surface area contributed by atoms with E-state index in [4.69, 9.17) is 14.2 Å². The van der Waals surface area contributed by atoms with Gasteiger partial charge < -0.3 is 19.5 Å². The van der Waals surface area contributed by atoms with Crippen LogP contribution in [0.25, 0.3) is 0 Å². The Morgan fingerprint density at radius 1 is 1.30 bits per heavy atom. The maximum Gasteiger partial charge on any atom is 0.260 e. The van der Waals surface area contributed by atoms with Crippen LogP contribution in [0.1, 0.15) is 13.3 Å². The van der Waals surface area contributed by atoms with E-state index < -0.39 is 6.10 Å². The molecule has 0 saturated carbocycles. The fourth-order valence-corrected chi connectivity index (χ4v) is 2.44. The molecule has 6 heteroatoms. The lowest BCUT2D eigenvalue weighted by molar-refractivity contribution is -0.127. The molecule has 1 aliphatic heterocycles. The molecular formula is C17H26N2O4. The van der Waals surface area contributed by atoms with Crippen LogP contribution in [0.15, 0.2) is 24.3 Å². The second kappa shape index (κ2) is 9.37. The van der Waals surface area contributed by atoms with Crippen LogP contribution in [0.3, 0.4) is 0 Å². The van der Waals surface area contributed by atoms with E-state index in [1.165, 1.54) is 0 Å². The smallest absolute Gasteiger partial charge is 0.260 e. The number of nitrogens with zero attached hydrogens (tertiary/aromatic N) is 1. The first kappa shape index (κ1) is 17.6. The van der Waals surface area contributed by atoms with Gasteiger partial charge in [-0.2, -0.15) is 0 Å². The molecule has 1 aromatic rings. The Balaban J connectivity index is 1.68. The zero-order valence-corrected chi connectivity index (χ0v) is 13.9. The van der Waals surface area contributed by atoms with Crippen molar-refractivity contribution in [2.45, 2.75) is 19.4 Å². The standard InChI is InChI=1S/C17H26N2O4/c1-14(23-16-7-4-3-6-15(16)21-2)17(20)18-8-5-9-19-10-12-22-13-11-19/h3-4,6-7,14H,5,8-13H2,1-2H3,(H,18,20)/t14-/m0/s1. The number of rotatable bonds is 8. The highest BCUT2D eigenvalue weighted by Crippen LogP contribution is 2.26. The van der Waals surface area contributed by atoms with Gasteiger partial charge in [0.1, 0.15) is 0 Å². The number of hydrogen-bond acceptors (Lipinski definition) is 5. The van der Waals surface area contributed by atoms with Crippen molar-refractivity contribution in [2.24, 2.45) is 0 Å². The van der Waals surface area contributed by atoms with E-state index in [0.29, 0.717) is 18.0 Å². The van der Waals surface area contributed by atoms with Crippen molar-refractivity contribution in [3.8, 4) is 11.5 Å². The monoisotopic (exact) mass is 322 g/mol. The number of carbonyl (C=O) groups is 1. The Bertz CT molecular complexity index is 489. The van der Waals surface area contributed by atoms with Gasteiger partial charge in [-0.05, 0) is 32.0 Å². The Hall–Kier alpha value is -1.79. The van der Waals surface area contributed by atoms with E-state index in [0.717, 1.165) is 39.3 Å². The van der Waals surface area contributed by atoms with Crippen molar-refractivity contribution < 1.29 is 19.0 Å². The van der Waals surface area contributed by atoms with Crippen LogP contribution in [0.5, 0.6) is 11.5 Å². The van der Waals surface area contributed by atoms with Crippen LogP contribution in [-0.2, 0) is 9.53 Å². The van der Waals surface area contributed by atoms with Crippen molar-refractivity contribution in [2.75, 3.05) is 46.5 Å². The van der Waals surface area contributed by atoms with Crippen LogP contribution < -0.4 is 14.8 Å². The Morgan fingerprint density at radius 2 is 2.00 bits per heavy atom. The molecule has 1 amide bonds. The normalized spacial score (nSPS) is 16.6. The van der Waals surface area contributed by atoms with Gasteiger partial charge in [-0.15, -0.1) is 0 Å². The molecule has 1 fully saturated rings. The second-order valence-electron chi connectivity index (χ2n) is 5.51. The van der Waals surface area contributed by atoms with Crippen LogP contribution in [-0.4, -0.2) is 63.4 Å². The summed E-state index contributed by atoms with van der Waals surface area (Å²) in [4.78, 5) is 14.4. The number of para-hydroxylation sites is 2. The lowest BCUT2D eigenvalue weighted by Gasteiger charge is -2.26. The average molecular weight is 322 g/mol. The summed E-state index contributed by atoms with van der Waals surface area (Å²) in [6.45, 7) is 6.92. The highest BCUT2D eigenvalue weighted by Gasteiger charge is 2.16. The van der Waals surface area contributed by atoms with E-state index in [9.17, 15) is 4.79 Å². The maximum absolute atomic E-state index is 12.1. The predicted octanol–water partition coefficient (Wildman–Crippen LogP) is 1.30. The summed E-state index contributed by atoms with van der Waals surface area (Å²) in [6, 6.07) is 7.32. The lowest BCUT2D eigenvalue weighted by Crippen LogP contribution is -2.40. The maximum atomic E-state index is 12.1.